The first-order chi connectivity index (χ1) is 13.0. The average Bonchev–Trinajstić information content (AvgIpc) is 2.66. The molecule has 3 N–H and O–H groups in total. The van der Waals surface area contributed by atoms with Crippen molar-refractivity contribution in [1.82, 2.24) is 15.3 Å². The third kappa shape index (κ3) is 4.20. The van der Waals surface area contributed by atoms with Crippen LogP contribution in [0.25, 0.3) is 0 Å². The normalized spacial score (nSPS) is 10.4. The second-order valence-electron chi connectivity index (χ2n) is 6.06. The fourth-order valence-electron chi connectivity index (χ4n) is 2.53. The first kappa shape index (κ1) is 18.3. The number of nitrogens with one attached hydrogen (secondary N) is 3. The number of para-hydroxylation sites is 1. The van der Waals surface area contributed by atoms with Gasteiger partial charge in [-0.1, -0.05) is 18.2 Å². The van der Waals surface area contributed by atoms with Gasteiger partial charge in [-0.2, -0.15) is 4.98 Å². The predicted octanol–water partition coefficient (Wildman–Crippen LogP) is 4.08. The van der Waals surface area contributed by atoms with E-state index in [2.05, 4.69) is 25.9 Å². The SMILES string of the molecule is CNC(=O)c1cnc(Nc2ccc(F)c(C)c2)nc1Nc1ccccc1C. The van der Waals surface area contributed by atoms with Crippen molar-refractivity contribution in [1.29, 1.82) is 0 Å². The molecular weight excluding hydrogens is 345 g/mol. The van der Waals surface area contributed by atoms with Crippen LogP contribution in [0.4, 0.5) is 27.5 Å². The van der Waals surface area contributed by atoms with E-state index in [9.17, 15) is 9.18 Å². The van der Waals surface area contributed by atoms with Crippen LogP contribution in [0.15, 0.2) is 48.7 Å². The third-order valence-electron chi connectivity index (χ3n) is 4.07. The largest absolute Gasteiger partial charge is 0.355 e. The smallest absolute Gasteiger partial charge is 0.256 e. The van der Waals surface area contributed by atoms with Crippen molar-refractivity contribution in [2.75, 3.05) is 17.7 Å². The topological polar surface area (TPSA) is 78.9 Å². The molecule has 0 aliphatic heterocycles. The highest BCUT2D eigenvalue weighted by Gasteiger charge is 2.15. The van der Waals surface area contributed by atoms with E-state index in [0.717, 1.165) is 11.3 Å². The van der Waals surface area contributed by atoms with Crippen LogP contribution in [0.5, 0.6) is 0 Å². The number of hydrogen-bond donors (Lipinski definition) is 3. The number of anilines is 4. The number of amides is 1. The molecule has 0 aliphatic rings. The number of aromatic nitrogens is 2. The van der Waals surface area contributed by atoms with Crippen molar-refractivity contribution < 1.29 is 9.18 Å². The summed E-state index contributed by atoms with van der Waals surface area (Å²) in [5, 5.41) is 8.81. The number of hydrogen-bond acceptors (Lipinski definition) is 5. The van der Waals surface area contributed by atoms with Crippen molar-refractivity contribution in [3.05, 3.63) is 71.2 Å². The maximum Gasteiger partial charge on any atom is 0.256 e. The van der Waals surface area contributed by atoms with Crippen molar-refractivity contribution in [3.8, 4) is 0 Å². The van der Waals surface area contributed by atoms with Crippen molar-refractivity contribution >= 4 is 29.0 Å². The fraction of sp³-hybridized carbons (Fsp3) is 0.150. The van der Waals surface area contributed by atoms with E-state index in [-0.39, 0.29) is 11.7 Å². The molecule has 1 heterocycles. The summed E-state index contributed by atoms with van der Waals surface area (Å²) in [6, 6.07) is 12.3. The van der Waals surface area contributed by atoms with Crippen molar-refractivity contribution in [3.63, 3.8) is 0 Å². The Morgan fingerprint density at radius 2 is 1.81 bits per heavy atom. The summed E-state index contributed by atoms with van der Waals surface area (Å²) < 4.78 is 13.4. The Balaban J connectivity index is 1.96. The van der Waals surface area contributed by atoms with E-state index < -0.39 is 0 Å². The lowest BCUT2D eigenvalue weighted by Gasteiger charge is -2.14. The van der Waals surface area contributed by atoms with Crippen LogP contribution in [-0.2, 0) is 0 Å². The van der Waals surface area contributed by atoms with Crippen LogP contribution in [-0.4, -0.2) is 22.9 Å². The monoisotopic (exact) mass is 365 g/mol. The number of nitrogens with zero attached hydrogens (tertiary/aromatic N) is 2. The van der Waals surface area contributed by atoms with Gasteiger partial charge in [0.25, 0.3) is 5.91 Å². The van der Waals surface area contributed by atoms with Crippen LogP contribution in [0.2, 0.25) is 0 Å². The average molecular weight is 365 g/mol. The Bertz CT molecular complexity index is 990. The molecule has 0 saturated carbocycles. The summed E-state index contributed by atoms with van der Waals surface area (Å²) in [5.41, 5.74) is 3.35. The molecule has 1 aromatic heterocycles. The number of rotatable bonds is 5. The van der Waals surface area contributed by atoms with Gasteiger partial charge < -0.3 is 16.0 Å². The fourth-order valence-corrected chi connectivity index (χ4v) is 2.53. The molecule has 1 amide bonds. The number of carbonyl (C=O) groups excluding carboxylic acids is 1. The van der Waals surface area contributed by atoms with Gasteiger partial charge in [-0.05, 0) is 49.2 Å². The van der Waals surface area contributed by atoms with Gasteiger partial charge in [0.1, 0.15) is 17.2 Å². The molecule has 7 heteroatoms. The second kappa shape index (κ2) is 7.82. The minimum atomic E-state index is -0.296. The van der Waals surface area contributed by atoms with Crippen LogP contribution >= 0.6 is 0 Å². The Morgan fingerprint density at radius 1 is 1.04 bits per heavy atom. The minimum absolute atomic E-state index is 0.279. The van der Waals surface area contributed by atoms with Crippen LogP contribution in [0.1, 0.15) is 21.5 Å². The van der Waals surface area contributed by atoms with Gasteiger partial charge >= 0.3 is 0 Å². The van der Waals surface area contributed by atoms with Crippen LogP contribution in [0.3, 0.4) is 0 Å². The van der Waals surface area contributed by atoms with Crippen molar-refractivity contribution in [2.45, 2.75) is 13.8 Å². The number of aryl methyl sites for hydroxylation is 2. The Kier molecular flexibility index (Phi) is 5.30. The lowest BCUT2D eigenvalue weighted by atomic mass is 10.2. The first-order valence-electron chi connectivity index (χ1n) is 8.43. The van der Waals surface area contributed by atoms with Gasteiger partial charge in [0.15, 0.2) is 0 Å². The quantitative estimate of drug-likeness (QED) is 0.635. The Morgan fingerprint density at radius 3 is 2.52 bits per heavy atom. The van der Waals surface area contributed by atoms with E-state index in [4.69, 9.17) is 0 Å². The van der Waals surface area contributed by atoms with Gasteiger partial charge in [-0.25, -0.2) is 9.37 Å². The highest BCUT2D eigenvalue weighted by Crippen LogP contribution is 2.24. The zero-order valence-corrected chi connectivity index (χ0v) is 15.3. The molecule has 0 atom stereocenters. The first-order valence-corrected chi connectivity index (χ1v) is 8.43. The Labute approximate surface area is 156 Å². The molecule has 0 spiro atoms. The summed E-state index contributed by atoms with van der Waals surface area (Å²) >= 11 is 0. The summed E-state index contributed by atoms with van der Waals surface area (Å²) in [6.07, 6.45) is 1.45. The number of carbonyl (C=O) groups is 1. The molecule has 0 bridgehead atoms. The molecule has 27 heavy (non-hydrogen) atoms. The molecule has 0 saturated heterocycles. The van der Waals surface area contributed by atoms with Gasteiger partial charge in [0.05, 0.1) is 0 Å². The van der Waals surface area contributed by atoms with Crippen LogP contribution in [0, 0.1) is 19.7 Å². The standard InChI is InChI=1S/C20H20FN5O/c1-12-6-4-5-7-17(12)25-18-15(19(27)22-3)11-23-20(26-18)24-14-8-9-16(21)13(2)10-14/h4-11H,1-3H3,(H,22,27)(H2,23,24,25,26). The molecule has 138 valence electrons. The molecule has 2 aromatic carbocycles. The summed E-state index contributed by atoms with van der Waals surface area (Å²) in [6.45, 7) is 3.64. The van der Waals surface area contributed by atoms with Gasteiger partial charge in [-0.3, -0.25) is 4.79 Å². The lowest BCUT2D eigenvalue weighted by Crippen LogP contribution is -2.20. The van der Waals surface area contributed by atoms with E-state index in [1.807, 2.05) is 31.2 Å². The zero-order chi connectivity index (χ0) is 19.4. The predicted molar refractivity (Wildman–Crippen MR) is 104 cm³/mol. The van der Waals surface area contributed by atoms with Gasteiger partial charge in [-0.15, -0.1) is 0 Å². The van der Waals surface area contributed by atoms with Gasteiger partial charge in [0.2, 0.25) is 5.95 Å². The molecule has 3 aromatic rings. The molecule has 0 fully saturated rings. The Hall–Kier alpha value is -3.48. The lowest BCUT2D eigenvalue weighted by molar-refractivity contribution is 0.0963. The second-order valence-corrected chi connectivity index (χ2v) is 6.06. The molecule has 0 unspecified atom stereocenters. The molecule has 0 radical (unpaired) electrons. The highest BCUT2D eigenvalue weighted by molar-refractivity contribution is 5.99. The van der Waals surface area contributed by atoms with Crippen LogP contribution < -0.4 is 16.0 Å². The molecule has 6 nitrogen and oxygen atoms in total. The van der Waals surface area contributed by atoms with E-state index in [1.54, 1.807) is 26.1 Å². The maximum absolute atomic E-state index is 13.4. The zero-order valence-electron chi connectivity index (χ0n) is 15.3. The molecular formula is C20H20FN5O. The minimum Gasteiger partial charge on any atom is -0.355 e. The van der Waals surface area contributed by atoms with Crippen molar-refractivity contribution in [2.24, 2.45) is 0 Å². The van der Waals surface area contributed by atoms with E-state index in [0.29, 0.717) is 28.6 Å². The van der Waals surface area contributed by atoms with Gasteiger partial charge in [0, 0.05) is 24.6 Å². The third-order valence-corrected chi connectivity index (χ3v) is 4.07. The number of benzene rings is 2. The summed E-state index contributed by atoms with van der Waals surface area (Å²) in [7, 11) is 1.55. The molecule has 0 aliphatic carbocycles. The molecule has 3 rings (SSSR count). The van der Waals surface area contributed by atoms with E-state index in [1.165, 1.54) is 12.3 Å². The van der Waals surface area contributed by atoms with E-state index >= 15 is 0 Å². The maximum atomic E-state index is 13.4. The summed E-state index contributed by atoms with van der Waals surface area (Å²) in [5.74, 6) is 0.0957. The summed E-state index contributed by atoms with van der Waals surface area (Å²) in [4.78, 5) is 20.8. The number of halogens is 1. The highest BCUT2D eigenvalue weighted by atomic mass is 19.1.